The van der Waals surface area contributed by atoms with E-state index in [0.717, 1.165) is 16.7 Å². The lowest BCUT2D eigenvalue weighted by atomic mass is 9.78. The highest BCUT2D eigenvalue weighted by Crippen LogP contribution is 2.34. The van der Waals surface area contributed by atoms with Crippen molar-refractivity contribution in [2.24, 2.45) is 11.8 Å². The van der Waals surface area contributed by atoms with Gasteiger partial charge in [0.1, 0.15) is 0 Å². The fraction of sp³-hybridized carbons (Fsp3) is 0.714. The Morgan fingerprint density at radius 3 is 2.05 bits per heavy atom. The standard InChI is InChI=1S/C21H34S/c1-2-3-4-5-6-7-18-8-10-19(11-9-18)12-13-20-14-16-21(22)17-15-20/h14-19,22H,2-13H2,1H3. The van der Waals surface area contributed by atoms with Crippen molar-refractivity contribution in [2.75, 3.05) is 0 Å². The molecule has 1 heteroatoms. The van der Waals surface area contributed by atoms with Crippen LogP contribution in [0.15, 0.2) is 29.2 Å². The van der Waals surface area contributed by atoms with Crippen LogP contribution in [0, 0.1) is 11.8 Å². The predicted octanol–water partition coefficient (Wildman–Crippen LogP) is 7.07. The molecule has 1 saturated carbocycles. The van der Waals surface area contributed by atoms with Crippen molar-refractivity contribution >= 4 is 12.6 Å². The molecular formula is C21H34S. The summed E-state index contributed by atoms with van der Waals surface area (Å²) >= 11 is 4.36. The van der Waals surface area contributed by atoms with E-state index in [9.17, 15) is 0 Å². The number of rotatable bonds is 9. The highest BCUT2D eigenvalue weighted by molar-refractivity contribution is 7.80. The third-order valence-electron chi connectivity index (χ3n) is 5.46. The van der Waals surface area contributed by atoms with Gasteiger partial charge in [-0.3, -0.25) is 0 Å². The highest BCUT2D eigenvalue weighted by atomic mass is 32.1. The lowest BCUT2D eigenvalue weighted by molar-refractivity contribution is 0.248. The van der Waals surface area contributed by atoms with Gasteiger partial charge in [-0.2, -0.15) is 0 Å². The van der Waals surface area contributed by atoms with Crippen LogP contribution in [-0.4, -0.2) is 0 Å². The van der Waals surface area contributed by atoms with E-state index in [4.69, 9.17) is 0 Å². The van der Waals surface area contributed by atoms with Crippen molar-refractivity contribution in [1.82, 2.24) is 0 Å². The first-order chi connectivity index (χ1) is 10.8. The Morgan fingerprint density at radius 1 is 0.818 bits per heavy atom. The van der Waals surface area contributed by atoms with E-state index >= 15 is 0 Å². The largest absolute Gasteiger partial charge is 0.143 e. The molecule has 1 fully saturated rings. The summed E-state index contributed by atoms with van der Waals surface area (Å²) in [6.07, 6.45) is 17.3. The lowest BCUT2D eigenvalue weighted by Crippen LogP contribution is -2.15. The van der Waals surface area contributed by atoms with E-state index in [1.165, 1.54) is 82.6 Å². The van der Waals surface area contributed by atoms with Gasteiger partial charge in [-0.1, -0.05) is 83.3 Å². The first-order valence-corrected chi connectivity index (χ1v) is 10.0. The van der Waals surface area contributed by atoms with E-state index in [-0.39, 0.29) is 0 Å². The van der Waals surface area contributed by atoms with Gasteiger partial charge in [0, 0.05) is 4.90 Å². The molecule has 0 amide bonds. The smallest absolute Gasteiger partial charge is 0.00401 e. The summed E-state index contributed by atoms with van der Waals surface area (Å²) in [5, 5.41) is 0. The van der Waals surface area contributed by atoms with Gasteiger partial charge < -0.3 is 0 Å². The molecule has 0 atom stereocenters. The van der Waals surface area contributed by atoms with Crippen molar-refractivity contribution < 1.29 is 0 Å². The van der Waals surface area contributed by atoms with Gasteiger partial charge in [0.05, 0.1) is 0 Å². The second-order valence-corrected chi connectivity index (χ2v) is 7.81. The average molecular weight is 319 g/mol. The second-order valence-electron chi connectivity index (χ2n) is 7.29. The van der Waals surface area contributed by atoms with Gasteiger partial charge in [-0.25, -0.2) is 0 Å². The minimum atomic E-state index is 0.979. The molecule has 1 aromatic carbocycles. The molecule has 0 nitrogen and oxygen atoms in total. The molecule has 0 unspecified atom stereocenters. The number of unbranched alkanes of at least 4 members (excludes halogenated alkanes) is 4. The molecule has 0 radical (unpaired) electrons. The number of hydrogen-bond donors (Lipinski definition) is 1. The zero-order chi connectivity index (χ0) is 15.6. The van der Waals surface area contributed by atoms with Crippen LogP contribution in [0.5, 0.6) is 0 Å². The first kappa shape index (κ1) is 17.9. The van der Waals surface area contributed by atoms with Crippen molar-refractivity contribution in [3.8, 4) is 0 Å². The zero-order valence-electron chi connectivity index (χ0n) is 14.4. The van der Waals surface area contributed by atoms with Crippen molar-refractivity contribution in [1.29, 1.82) is 0 Å². The summed E-state index contributed by atoms with van der Waals surface area (Å²) in [5.74, 6) is 2.02. The van der Waals surface area contributed by atoms with Gasteiger partial charge in [-0.05, 0) is 42.4 Å². The Hall–Kier alpha value is -0.430. The molecule has 1 aliphatic carbocycles. The molecule has 0 bridgehead atoms. The summed E-state index contributed by atoms with van der Waals surface area (Å²) in [5.41, 5.74) is 1.48. The van der Waals surface area contributed by atoms with Gasteiger partial charge >= 0.3 is 0 Å². The number of benzene rings is 1. The summed E-state index contributed by atoms with van der Waals surface area (Å²) in [6.45, 7) is 2.30. The molecule has 22 heavy (non-hydrogen) atoms. The normalized spacial score (nSPS) is 21.9. The van der Waals surface area contributed by atoms with Crippen molar-refractivity contribution in [3.63, 3.8) is 0 Å². The van der Waals surface area contributed by atoms with Gasteiger partial charge in [0.2, 0.25) is 0 Å². The highest BCUT2D eigenvalue weighted by Gasteiger charge is 2.20. The van der Waals surface area contributed by atoms with Crippen LogP contribution in [0.3, 0.4) is 0 Å². The molecule has 0 spiro atoms. The first-order valence-electron chi connectivity index (χ1n) is 9.56. The second kappa shape index (κ2) is 10.4. The molecule has 1 aliphatic rings. The molecule has 0 N–H and O–H groups in total. The maximum absolute atomic E-state index is 4.36. The minimum absolute atomic E-state index is 0.979. The quantitative estimate of drug-likeness (QED) is 0.365. The van der Waals surface area contributed by atoms with Crippen LogP contribution in [0.2, 0.25) is 0 Å². The SMILES string of the molecule is CCCCCCCC1CCC(CCc2ccc(S)cc2)CC1. The van der Waals surface area contributed by atoms with Crippen molar-refractivity contribution in [2.45, 2.75) is 88.9 Å². The van der Waals surface area contributed by atoms with E-state index < -0.39 is 0 Å². The Bertz CT molecular complexity index is 387. The Labute approximate surface area is 143 Å². The van der Waals surface area contributed by atoms with E-state index in [2.05, 4.69) is 43.8 Å². The van der Waals surface area contributed by atoms with E-state index in [1.807, 2.05) is 0 Å². The fourth-order valence-electron chi connectivity index (χ4n) is 3.88. The van der Waals surface area contributed by atoms with Crippen molar-refractivity contribution in [3.05, 3.63) is 29.8 Å². The molecule has 2 rings (SSSR count). The number of aryl methyl sites for hydroxylation is 1. The average Bonchev–Trinajstić information content (AvgIpc) is 2.55. The number of hydrogen-bond acceptors (Lipinski definition) is 1. The third-order valence-corrected chi connectivity index (χ3v) is 5.76. The molecular weight excluding hydrogens is 284 g/mol. The zero-order valence-corrected chi connectivity index (χ0v) is 15.3. The molecule has 0 saturated heterocycles. The van der Waals surface area contributed by atoms with Gasteiger partial charge in [0.25, 0.3) is 0 Å². The third kappa shape index (κ3) is 6.77. The molecule has 0 aliphatic heterocycles. The monoisotopic (exact) mass is 318 g/mol. The van der Waals surface area contributed by atoms with Crippen LogP contribution in [0.1, 0.15) is 83.1 Å². The minimum Gasteiger partial charge on any atom is -0.143 e. The van der Waals surface area contributed by atoms with Gasteiger partial charge in [0.15, 0.2) is 0 Å². The lowest BCUT2D eigenvalue weighted by Gasteiger charge is -2.28. The predicted molar refractivity (Wildman–Crippen MR) is 101 cm³/mol. The number of thiol groups is 1. The Balaban J connectivity index is 1.56. The van der Waals surface area contributed by atoms with Gasteiger partial charge in [-0.15, -0.1) is 12.6 Å². The summed E-state index contributed by atoms with van der Waals surface area (Å²) in [7, 11) is 0. The maximum Gasteiger partial charge on any atom is 0.00401 e. The Kier molecular flexibility index (Phi) is 8.44. The van der Waals surface area contributed by atoms with E-state index in [0.29, 0.717) is 0 Å². The molecule has 0 heterocycles. The Morgan fingerprint density at radius 2 is 1.41 bits per heavy atom. The van der Waals surface area contributed by atoms with Crippen LogP contribution in [-0.2, 0) is 6.42 Å². The van der Waals surface area contributed by atoms with Crippen LogP contribution >= 0.6 is 12.6 Å². The molecule has 1 aromatic rings. The summed E-state index contributed by atoms with van der Waals surface area (Å²) < 4.78 is 0. The van der Waals surface area contributed by atoms with Crippen LogP contribution in [0.4, 0.5) is 0 Å². The van der Waals surface area contributed by atoms with Crippen LogP contribution in [0.25, 0.3) is 0 Å². The summed E-state index contributed by atoms with van der Waals surface area (Å²) in [4.78, 5) is 1.07. The van der Waals surface area contributed by atoms with Crippen LogP contribution < -0.4 is 0 Å². The molecule has 0 aromatic heterocycles. The topological polar surface area (TPSA) is 0 Å². The maximum atomic E-state index is 4.36. The van der Waals surface area contributed by atoms with E-state index in [1.54, 1.807) is 0 Å². The molecule has 124 valence electrons. The fourth-order valence-corrected chi connectivity index (χ4v) is 4.03. The summed E-state index contributed by atoms with van der Waals surface area (Å²) in [6, 6.07) is 8.72.